The fourth-order valence-electron chi connectivity index (χ4n) is 1.94. The molecule has 0 saturated heterocycles. The van der Waals surface area contributed by atoms with E-state index in [0.717, 1.165) is 22.3 Å². The smallest absolute Gasteiger partial charge is 0.122 e. The van der Waals surface area contributed by atoms with E-state index in [2.05, 4.69) is 26.8 Å². The van der Waals surface area contributed by atoms with E-state index in [9.17, 15) is 5.11 Å². The van der Waals surface area contributed by atoms with Crippen LogP contribution in [0.15, 0.2) is 6.07 Å². The summed E-state index contributed by atoms with van der Waals surface area (Å²) >= 11 is 0. The average molecular weight is 219 g/mol. The van der Waals surface area contributed by atoms with E-state index in [0.29, 0.717) is 12.2 Å². The fourth-order valence-corrected chi connectivity index (χ4v) is 1.94. The highest BCUT2D eigenvalue weighted by atomic mass is 16.3. The summed E-state index contributed by atoms with van der Waals surface area (Å²) in [5.41, 5.74) is 3.75. The van der Waals surface area contributed by atoms with E-state index in [-0.39, 0.29) is 5.41 Å². The summed E-state index contributed by atoms with van der Waals surface area (Å²) < 4.78 is 0. The van der Waals surface area contributed by atoms with Crippen molar-refractivity contribution in [3.05, 3.63) is 28.3 Å². The SMILES string of the molecule is Cc1cc(C(C)(C)C)c(O)c(C)c1C[14C]#N. The van der Waals surface area contributed by atoms with Gasteiger partial charge in [-0.3, -0.25) is 0 Å². The summed E-state index contributed by atoms with van der Waals surface area (Å²) in [6, 6.07) is 4.14. The molecular weight excluding hydrogens is 200 g/mol. The van der Waals surface area contributed by atoms with Crippen LogP contribution in [0.5, 0.6) is 5.75 Å². The maximum Gasteiger partial charge on any atom is 0.122 e. The molecule has 16 heavy (non-hydrogen) atoms. The van der Waals surface area contributed by atoms with Crippen LogP contribution in [0.1, 0.15) is 43.0 Å². The van der Waals surface area contributed by atoms with Crippen molar-refractivity contribution >= 4 is 0 Å². The number of hydrogen-bond donors (Lipinski definition) is 1. The standard InChI is InChI=1S/C14H19NO/c1-9-8-12(14(3,4)5)13(16)10(2)11(9)6-7-15/h8,16H,6H2,1-5H3/i7+2. The first-order valence-corrected chi connectivity index (χ1v) is 5.48. The third-order valence-electron chi connectivity index (χ3n) is 2.96. The molecule has 0 aliphatic heterocycles. The van der Waals surface area contributed by atoms with Gasteiger partial charge in [0.25, 0.3) is 0 Å². The molecule has 2 heteroatoms. The first-order valence-electron chi connectivity index (χ1n) is 5.48. The summed E-state index contributed by atoms with van der Waals surface area (Å²) in [6.07, 6.45) is 0.357. The minimum Gasteiger partial charge on any atom is -0.507 e. The van der Waals surface area contributed by atoms with Gasteiger partial charge in [0.05, 0.1) is 12.5 Å². The molecule has 86 valence electrons. The van der Waals surface area contributed by atoms with Crippen LogP contribution in [0.3, 0.4) is 0 Å². The van der Waals surface area contributed by atoms with E-state index < -0.39 is 0 Å². The zero-order valence-electron chi connectivity index (χ0n) is 10.7. The molecule has 0 saturated carbocycles. The Morgan fingerprint density at radius 3 is 2.31 bits per heavy atom. The van der Waals surface area contributed by atoms with Crippen LogP contribution in [0.25, 0.3) is 0 Å². The number of nitriles is 1. The van der Waals surface area contributed by atoms with Gasteiger partial charge in [0, 0.05) is 0 Å². The van der Waals surface area contributed by atoms with Gasteiger partial charge in [-0.05, 0) is 41.5 Å². The maximum atomic E-state index is 10.2. The molecule has 0 amide bonds. The van der Waals surface area contributed by atoms with Crippen molar-refractivity contribution in [1.82, 2.24) is 0 Å². The van der Waals surface area contributed by atoms with Gasteiger partial charge in [-0.1, -0.05) is 26.8 Å². The number of aromatic hydroxyl groups is 1. The van der Waals surface area contributed by atoms with E-state index in [1.54, 1.807) is 0 Å². The largest absolute Gasteiger partial charge is 0.507 e. The van der Waals surface area contributed by atoms with Crippen LogP contribution in [-0.2, 0) is 11.8 Å². The predicted octanol–water partition coefficient (Wildman–Crippen LogP) is 3.37. The van der Waals surface area contributed by atoms with Crippen LogP contribution >= 0.6 is 0 Å². The van der Waals surface area contributed by atoms with E-state index in [1.807, 2.05) is 19.9 Å². The number of phenolic OH excluding ortho intramolecular Hbond substituents is 1. The number of benzene rings is 1. The van der Waals surface area contributed by atoms with Gasteiger partial charge >= 0.3 is 0 Å². The molecule has 0 bridgehead atoms. The lowest BCUT2D eigenvalue weighted by Gasteiger charge is -2.23. The van der Waals surface area contributed by atoms with Crippen molar-refractivity contribution in [1.29, 1.82) is 5.26 Å². The Morgan fingerprint density at radius 2 is 1.88 bits per heavy atom. The van der Waals surface area contributed by atoms with Gasteiger partial charge in [0.2, 0.25) is 0 Å². The van der Waals surface area contributed by atoms with Crippen LogP contribution in [0, 0.1) is 25.2 Å². The summed E-state index contributed by atoms with van der Waals surface area (Å²) in [6.45, 7) is 10.1. The van der Waals surface area contributed by atoms with Crippen LogP contribution in [-0.4, -0.2) is 5.11 Å². The highest BCUT2D eigenvalue weighted by Crippen LogP contribution is 2.36. The summed E-state index contributed by atoms with van der Waals surface area (Å²) in [4.78, 5) is 0. The van der Waals surface area contributed by atoms with Crippen LogP contribution < -0.4 is 0 Å². The Kier molecular flexibility index (Phi) is 3.28. The van der Waals surface area contributed by atoms with Gasteiger partial charge in [0.15, 0.2) is 0 Å². The quantitative estimate of drug-likeness (QED) is 0.787. The first-order chi connectivity index (χ1) is 7.29. The summed E-state index contributed by atoms with van der Waals surface area (Å²) in [5.74, 6) is 0.336. The zero-order chi connectivity index (χ0) is 12.5. The van der Waals surface area contributed by atoms with Crippen molar-refractivity contribution < 1.29 is 5.11 Å². The highest BCUT2D eigenvalue weighted by molar-refractivity contribution is 5.52. The Morgan fingerprint density at radius 1 is 1.31 bits per heavy atom. The molecular formula is C14H19NO. The molecule has 1 aromatic carbocycles. The van der Waals surface area contributed by atoms with Crippen LogP contribution in [0.2, 0.25) is 0 Å². The molecule has 1 rings (SSSR count). The average Bonchev–Trinajstić information content (AvgIpc) is 2.16. The molecule has 0 unspecified atom stereocenters. The summed E-state index contributed by atoms with van der Waals surface area (Å²) in [5, 5.41) is 18.9. The van der Waals surface area contributed by atoms with Gasteiger partial charge in [-0.25, -0.2) is 0 Å². The molecule has 2 nitrogen and oxygen atoms in total. The number of aryl methyl sites for hydroxylation is 1. The second-order valence-corrected chi connectivity index (χ2v) is 5.28. The van der Waals surface area contributed by atoms with E-state index >= 15 is 0 Å². The second kappa shape index (κ2) is 4.17. The monoisotopic (exact) mass is 219 g/mol. The van der Waals surface area contributed by atoms with Gasteiger partial charge in [0.1, 0.15) is 5.75 Å². The van der Waals surface area contributed by atoms with Crippen molar-refractivity contribution in [2.45, 2.75) is 46.5 Å². The van der Waals surface area contributed by atoms with Crippen molar-refractivity contribution in [3.63, 3.8) is 0 Å². The lowest BCUT2D eigenvalue weighted by atomic mass is 9.83. The number of rotatable bonds is 1. The first kappa shape index (κ1) is 12.6. The number of hydrogen-bond acceptors (Lipinski definition) is 2. The van der Waals surface area contributed by atoms with Crippen molar-refractivity contribution in [2.75, 3.05) is 0 Å². The Bertz CT molecular complexity index is 447. The molecule has 0 aliphatic carbocycles. The van der Waals surface area contributed by atoms with Crippen molar-refractivity contribution in [3.8, 4) is 11.8 Å². The Labute approximate surface area is 97.5 Å². The Balaban J connectivity index is 3.47. The Hall–Kier alpha value is -1.49. The highest BCUT2D eigenvalue weighted by Gasteiger charge is 2.21. The molecule has 1 aromatic rings. The minimum atomic E-state index is -0.0786. The lowest BCUT2D eigenvalue weighted by molar-refractivity contribution is 0.441. The number of phenols is 1. The molecule has 0 aliphatic rings. The molecule has 1 N–H and O–H groups in total. The normalized spacial score (nSPS) is 11.2. The molecule has 0 heterocycles. The second-order valence-electron chi connectivity index (χ2n) is 5.28. The fraction of sp³-hybridized carbons (Fsp3) is 0.500. The predicted molar refractivity (Wildman–Crippen MR) is 65.6 cm³/mol. The summed E-state index contributed by atoms with van der Waals surface area (Å²) in [7, 11) is 0. The molecule has 0 aromatic heterocycles. The van der Waals surface area contributed by atoms with Gasteiger partial charge < -0.3 is 5.11 Å². The molecule has 0 spiro atoms. The van der Waals surface area contributed by atoms with Gasteiger partial charge in [-0.2, -0.15) is 5.26 Å². The van der Waals surface area contributed by atoms with E-state index in [1.165, 1.54) is 0 Å². The van der Waals surface area contributed by atoms with Gasteiger partial charge in [-0.15, -0.1) is 0 Å². The molecule has 0 radical (unpaired) electrons. The van der Waals surface area contributed by atoms with E-state index in [4.69, 9.17) is 5.26 Å². The number of nitrogens with zero attached hydrogens (tertiary/aromatic N) is 1. The third kappa shape index (κ3) is 2.19. The topological polar surface area (TPSA) is 44.0 Å². The maximum absolute atomic E-state index is 10.2. The molecule has 0 atom stereocenters. The zero-order valence-corrected chi connectivity index (χ0v) is 10.7. The lowest BCUT2D eigenvalue weighted by Crippen LogP contribution is -2.13. The third-order valence-corrected chi connectivity index (χ3v) is 2.96. The minimum absolute atomic E-state index is 0.0786. The molecule has 0 fully saturated rings. The van der Waals surface area contributed by atoms with Crippen molar-refractivity contribution in [2.24, 2.45) is 0 Å². The van der Waals surface area contributed by atoms with Crippen LogP contribution in [0.4, 0.5) is 0 Å².